The SMILES string of the molecule is COc1ccc(/C=C/C2=CC(C)(C)Nc3ccccc3N2)cc1OC. The minimum Gasteiger partial charge on any atom is -0.493 e. The second-order valence-corrected chi connectivity index (χ2v) is 6.56. The van der Waals surface area contributed by atoms with E-state index in [-0.39, 0.29) is 5.54 Å². The first-order valence-corrected chi connectivity index (χ1v) is 8.28. The van der Waals surface area contributed by atoms with Crippen LogP contribution >= 0.6 is 0 Å². The molecule has 0 spiro atoms. The molecule has 0 radical (unpaired) electrons. The smallest absolute Gasteiger partial charge is 0.161 e. The fourth-order valence-electron chi connectivity index (χ4n) is 2.90. The van der Waals surface area contributed by atoms with E-state index in [9.17, 15) is 0 Å². The highest BCUT2D eigenvalue weighted by Gasteiger charge is 2.20. The van der Waals surface area contributed by atoms with Gasteiger partial charge in [-0.25, -0.2) is 0 Å². The number of rotatable bonds is 4. The highest BCUT2D eigenvalue weighted by atomic mass is 16.5. The third-order valence-corrected chi connectivity index (χ3v) is 4.04. The molecule has 0 amide bonds. The molecule has 0 bridgehead atoms. The summed E-state index contributed by atoms with van der Waals surface area (Å²) in [6.07, 6.45) is 6.32. The van der Waals surface area contributed by atoms with Crippen molar-refractivity contribution in [3.63, 3.8) is 0 Å². The summed E-state index contributed by atoms with van der Waals surface area (Å²) in [5.41, 5.74) is 4.09. The van der Waals surface area contributed by atoms with Crippen LogP contribution in [-0.4, -0.2) is 19.8 Å². The standard InChI is InChI=1S/C21H24N2O2/c1-21(2)14-16(22-17-7-5-6-8-18(17)23-21)11-9-15-10-12-19(24-3)20(13-15)25-4/h5-14,22-23H,1-4H3/b11-9+. The summed E-state index contributed by atoms with van der Waals surface area (Å²) in [7, 11) is 3.28. The Kier molecular flexibility index (Phi) is 4.70. The largest absolute Gasteiger partial charge is 0.493 e. The molecule has 0 aromatic heterocycles. The number of anilines is 2. The monoisotopic (exact) mass is 336 g/mol. The van der Waals surface area contributed by atoms with Crippen LogP contribution in [0.3, 0.4) is 0 Å². The molecule has 1 aliphatic rings. The Morgan fingerprint density at radius 3 is 2.32 bits per heavy atom. The van der Waals surface area contributed by atoms with Gasteiger partial charge in [-0.15, -0.1) is 0 Å². The van der Waals surface area contributed by atoms with E-state index >= 15 is 0 Å². The first-order valence-electron chi connectivity index (χ1n) is 8.28. The van der Waals surface area contributed by atoms with Crippen molar-refractivity contribution in [1.29, 1.82) is 0 Å². The number of ether oxygens (including phenoxy) is 2. The van der Waals surface area contributed by atoms with Crippen LogP contribution in [0.2, 0.25) is 0 Å². The molecule has 0 atom stereocenters. The predicted octanol–water partition coefficient (Wildman–Crippen LogP) is 4.92. The van der Waals surface area contributed by atoms with Crippen molar-refractivity contribution >= 4 is 17.5 Å². The number of hydrogen-bond acceptors (Lipinski definition) is 4. The first-order chi connectivity index (χ1) is 12.0. The molecule has 2 aromatic rings. The van der Waals surface area contributed by atoms with Gasteiger partial charge in [0, 0.05) is 5.70 Å². The van der Waals surface area contributed by atoms with Crippen molar-refractivity contribution in [1.82, 2.24) is 0 Å². The van der Waals surface area contributed by atoms with Crippen LogP contribution in [-0.2, 0) is 0 Å². The van der Waals surface area contributed by atoms with Crippen molar-refractivity contribution in [2.75, 3.05) is 24.9 Å². The summed E-state index contributed by atoms with van der Waals surface area (Å²) in [6.45, 7) is 4.31. The average molecular weight is 336 g/mol. The van der Waals surface area contributed by atoms with E-state index < -0.39 is 0 Å². The highest BCUT2D eigenvalue weighted by Crippen LogP contribution is 2.31. The molecule has 130 valence electrons. The molecule has 1 aliphatic heterocycles. The maximum absolute atomic E-state index is 5.37. The van der Waals surface area contributed by atoms with Gasteiger partial charge >= 0.3 is 0 Å². The molecule has 1 heterocycles. The van der Waals surface area contributed by atoms with Crippen LogP contribution in [0.5, 0.6) is 11.5 Å². The van der Waals surface area contributed by atoms with Gasteiger partial charge in [0.15, 0.2) is 11.5 Å². The molecule has 3 rings (SSSR count). The van der Waals surface area contributed by atoms with Crippen LogP contribution in [0.4, 0.5) is 11.4 Å². The summed E-state index contributed by atoms with van der Waals surface area (Å²) in [5, 5.41) is 7.04. The summed E-state index contributed by atoms with van der Waals surface area (Å²) in [5.74, 6) is 1.45. The number of hydrogen-bond donors (Lipinski definition) is 2. The average Bonchev–Trinajstić information content (AvgIpc) is 2.73. The predicted molar refractivity (Wildman–Crippen MR) is 104 cm³/mol. The molecule has 0 unspecified atom stereocenters. The van der Waals surface area contributed by atoms with Crippen molar-refractivity contribution in [2.24, 2.45) is 0 Å². The Morgan fingerprint density at radius 2 is 1.60 bits per heavy atom. The van der Waals surface area contributed by atoms with Gasteiger partial charge in [0.2, 0.25) is 0 Å². The fourth-order valence-corrected chi connectivity index (χ4v) is 2.90. The maximum Gasteiger partial charge on any atom is 0.161 e. The Bertz CT molecular complexity index is 822. The van der Waals surface area contributed by atoms with Gasteiger partial charge in [-0.05, 0) is 55.8 Å². The molecule has 0 fully saturated rings. The third kappa shape index (κ3) is 3.97. The van der Waals surface area contributed by atoms with Crippen molar-refractivity contribution in [3.05, 3.63) is 65.9 Å². The molecular weight excluding hydrogens is 312 g/mol. The van der Waals surface area contributed by atoms with Crippen LogP contribution in [0.1, 0.15) is 19.4 Å². The molecule has 25 heavy (non-hydrogen) atoms. The lowest BCUT2D eigenvalue weighted by atomic mass is 10.0. The summed E-state index contributed by atoms with van der Waals surface area (Å²) >= 11 is 0. The van der Waals surface area contributed by atoms with Gasteiger partial charge in [0.1, 0.15) is 0 Å². The molecule has 2 N–H and O–H groups in total. The van der Waals surface area contributed by atoms with E-state index in [1.807, 2.05) is 30.3 Å². The van der Waals surface area contributed by atoms with Gasteiger partial charge in [-0.1, -0.05) is 24.3 Å². The normalized spacial score (nSPS) is 15.4. The van der Waals surface area contributed by atoms with Crippen LogP contribution in [0.15, 0.2) is 60.3 Å². The third-order valence-electron chi connectivity index (χ3n) is 4.04. The van der Waals surface area contributed by atoms with Crippen LogP contribution in [0, 0.1) is 0 Å². The topological polar surface area (TPSA) is 42.5 Å². The van der Waals surface area contributed by atoms with E-state index in [0.717, 1.165) is 34.1 Å². The van der Waals surface area contributed by atoms with Gasteiger partial charge in [0.25, 0.3) is 0 Å². The van der Waals surface area contributed by atoms with E-state index in [1.54, 1.807) is 14.2 Å². The summed E-state index contributed by atoms with van der Waals surface area (Å²) in [6, 6.07) is 14.1. The lowest BCUT2D eigenvalue weighted by molar-refractivity contribution is 0.355. The Hall–Kier alpha value is -2.88. The molecule has 0 aliphatic carbocycles. The van der Waals surface area contributed by atoms with E-state index in [4.69, 9.17) is 9.47 Å². The molecule has 4 nitrogen and oxygen atoms in total. The molecular formula is C21H24N2O2. The zero-order valence-electron chi connectivity index (χ0n) is 15.1. The zero-order valence-corrected chi connectivity index (χ0v) is 15.1. The van der Waals surface area contributed by atoms with Crippen LogP contribution < -0.4 is 20.1 Å². The number of methoxy groups -OCH3 is 2. The summed E-state index contributed by atoms with van der Waals surface area (Å²) < 4.78 is 10.7. The van der Waals surface area contributed by atoms with E-state index in [1.165, 1.54) is 0 Å². The Morgan fingerprint density at radius 1 is 0.880 bits per heavy atom. The Labute approximate surface area is 149 Å². The quantitative estimate of drug-likeness (QED) is 0.832. The zero-order chi connectivity index (χ0) is 17.9. The lowest BCUT2D eigenvalue weighted by Gasteiger charge is -2.22. The van der Waals surface area contributed by atoms with E-state index in [0.29, 0.717) is 0 Å². The summed E-state index contributed by atoms with van der Waals surface area (Å²) in [4.78, 5) is 0. The Balaban J connectivity index is 1.89. The molecule has 2 aromatic carbocycles. The molecule has 4 heteroatoms. The van der Waals surface area contributed by atoms with Gasteiger partial charge in [0.05, 0.1) is 31.1 Å². The van der Waals surface area contributed by atoms with Gasteiger partial charge < -0.3 is 20.1 Å². The van der Waals surface area contributed by atoms with Crippen molar-refractivity contribution in [2.45, 2.75) is 19.4 Å². The number of benzene rings is 2. The second-order valence-electron chi connectivity index (χ2n) is 6.56. The second kappa shape index (κ2) is 6.93. The fraction of sp³-hybridized carbons (Fsp3) is 0.238. The minimum absolute atomic E-state index is 0.156. The van der Waals surface area contributed by atoms with Crippen molar-refractivity contribution < 1.29 is 9.47 Å². The van der Waals surface area contributed by atoms with Crippen LogP contribution in [0.25, 0.3) is 6.08 Å². The lowest BCUT2D eigenvalue weighted by Crippen LogP contribution is -2.27. The first kappa shape index (κ1) is 17.0. The van der Waals surface area contributed by atoms with E-state index in [2.05, 4.69) is 54.8 Å². The van der Waals surface area contributed by atoms with Gasteiger partial charge in [-0.2, -0.15) is 0 Å². The highest BCUT2D eigenvalue weighted by molar-refractivity contribution is 5.75. The number of nitrogens with one attached hydrogen (secondary N) is 2. The minimum atomic E-state index is -0.156. The maximum atomic E-state index is 5.37. The number of para-hydroxylation sites is 2. The van der Waals surface area contributed by atoms with Crippen molar-refractivity contribution in [3.8, 4) is 11.5 Å². The molecule has 0 saturated heterocycles. The number of fused-ring (bicyclic) bond motifs is 1. The number of allylic oxidation sites excluding steroid dienone is 1. The molecule has 0 saturated carbocycles. The van der Waals surface area contributed by atoms with Gasteiger partial charge in [-0.3, -0.25) is 0 Å².